The number of hydrogen-bond acceptors (Lipinski definition) is 6. The number of hydrogen-bond donors (Lipinski definition) is 1. The first-order valence-electron chi connectivity index (χ1n) is 9.69. The lowest BCUT2D eigenvalue weighted by molar-refractivity contribution is 0.000129. The highest BCUT2D eigenvalue weighted by Crippen LogP contribution is 2.34. The van der Waals surface area contributed by atoms with Crippen LogP contribution in [0.2, 0.25) is 0 Å². The molecule has 1 aliphatic rings. The molecule has 0 radical (unpaired) electrons. The normalized spacial score (nSPS) is 15.7. The SMILES string of the molecule is COc1ccc(Cc2nc3cccc(OC(C)O)c3o2)cc1OC1CCCC1. The number of aliphatic hydroxyl groups is 1. The first-order valence-corrected chi connectivity index (χ1v) is 9.69. The molecule has 6 heteroatoms. The predicted octanol–water partition coefficient (Wildman–Crippen LogP) is 4.47. The van der Waals surface area contributed by atoms with E-state index in [4.69, 9.17) is 18.6 Å². The second-order valence-corrected chi connectivity index (χ2v) is 7.12. The molecule has 1 atom stereocenters. The van der Waals surface area contributed by atoms with Crippen molar-refractivity contribution in [2.24, 2.45) is 0 Å². The molecule has 1 heterocycles. The first kappa shape index (κ1) is 18.6. The molecule has 148 valence electrons. The number of benzene rings is 2. The van der Waals surface area contributed by atoms with E-state index in [0.717, 1.165) is 29.9 Å². The zero-order valence-electron chi connectivity index (χ0n) is 16.2. The number of nitrogens with zero attached hydrogens (tertiary/aromatic N) is 1. The maximum atomic E-state index is 9.49. The molecule has 0 bridgehead atoms. The Morgan fingerprint density at radius 3 is 2.71 bits per heavy atom. The molecule has 1 aromatic heterocycles. The van der Waals surface area contributed by atoms with Crippen molar-refractivity contribution >= 4 is 11.1 Å². The lowest BCUT2D eigenvalue weighted by Crippen LogP contribution is -2.11. The van der Waals surface area contributed by atoms with Gasteiger partial charge in [0.05, 0.1) is 13.2 Å². The summed E-state index contributed by atoms with van der Waals surface area (Å²) in [5.74, 6) is 2.56. The van der Waals surface area contributed by atoms with Gasteiger partial charge in [0.2, 0.25) is 0 Å². The second kappa shape index (κ2) is 8.10. The molecular formula is C22H25NO5. The van der Waals surface area contributed by atoms with Gasteiger partial charge in [0.1, 0.15) is 5.52 Å². The van der Waals surface area contributed by atoms with Crippen LogP contribution in [0.3, 0.4) is 0 Å². The van der Waals surface area contributed by atoms with Crippen molar-refractivity contribution in [2.75, 3.05) is 7.11 Å². The number of methoxy groups -OCH3 is 1. The van der Waals surface area contributed by atoms with Crippen LogP contribution in [0.1, 0.15) is 44.1 Å². The zero-order valence-corrected chi connectivity index (χ0v) is 16.2. The summed E-state index contributed by atoms with van der Waals surface area (Å²) in [6, 6.07) is 11.4. The first-order chi connectivity index (χ1) is 13.6. The smallest absolute Gasteiger partial charge is 0.200 e. The van der Waals surface area contributed by atoms with E-state index in [1.165, 1.54) is 12.8 Å². The van der Waals surface area contributed by atoms with Gasteiger partial charge in [-0.15, -0.1) is 0 Å². The summed E-state index contributed by atoms with van der Waals surface area (Å²) < 4.78 is 22.9. The Kier molecular flexibility index (Phi) is 5.39. The highest BCUT2D eigenvalue weighted by atomic mass is 16.6. The van der Waals surface area contributed by atoms with Crippen molar-refractivity contribution in [1.82, 2.24) is 4.98 Å². The number of para-hydroxylation sites is 1. The maximum Gasteiger partial charge on any atom is 0.200 e. The highest BCUT2D eigenvalue weighted by molar-refractivity contribution is 5.79. The summed E-state index contributed by atoms with van der Waals surface area (Å²) >= 11 is 0. The van der Waals surface area contributed by atoms with Crippen LogP contribution in [0.4, 0.5) is 0 Å². The molecule has 1 N–H and O–H groups in total. The van der Waals surface area contributed by atoms with Crippen molar-refractivity contribution in [2.45, 2.75) is 51.4 Å². The Morgan fingerprint density at radius 2 is 1.96 bits per heavy atom. The standard InChI is InChI=1S/C22H25NO5/c1-14(24)26-19-9-5-8-17-22(19)28-21(23-17)13-15-10-11-18(25-2)20(12-15)27-16-6-3-4-7-16/h5,8-12,14,16,24H,3-4,6-7,13H2,1-2H3. The Hall–Kier alpha value is -2.73. The molecule has 1 aliphatic carbocycles. The lowest BCUT2D eigenvalue weighted by atomic mass is 10.1. The number of ether oxygens (including phenoxy) is 3. The summed E-state index contributed by atoms with van der Waals surface area (Å²) in [7, 11) is 1.65. The number of fused-ring (bicyclic) bond motifs is 1. The van der Waals surface area contributed by atoms with Gasteiger partial charge in [-0.2, -0.15) is 0 Å². The fourth-order valence-electron chi connectivity index (χ4n) is 3.61. The van der Waals surface area contributed by atoms with Crippen LogP contribution in [0.5, 0.6) is 17.2 Å². The Balaban J connectivity index is 1.58. The summed E-state index contributed by atoms with van der Waals surface area (Å²) in [5.41, 5.74) is 2.26. The number of oxazole rings is 1. The summed E-state index contributed by atoms with van der Waals surface area (Å²) in [6.45, 7) is 1.55. The minimum Gasteiger partial charge on any atom is -0.493 e. The quantitative estimate of drug-likeness (QED) is 0.607. The van der Waals surface area contributed by atoms with Crippen LogP contribution in [0, 0.1) is 0 Å². The summed E-state index contributed by atoms with van der Waals surface area (Å²) in [4.78, 5) is 4.55. The van der Waals surface area contributed by atoms with Crippen LogP contribution < -0.4 is 14.2 Å². The van der Waals surface area contributed by atoms with E-state index in [1.54, 1.807) is 20.1 Å². The van der Waals surface area contributed by atoms with Crippen molar-refractivity contribution in [3.8, 4) is 17.2 Å². The molecule has 1 saturated carbocycles. The highest BCUT2D eigenvalue weighted by Gasteiger charge is 2.19. The van der Waals surface area contributed by atoms with Crippen molar-refractivity contribution < 1.29 is 23.7 Å². The molecule has 2 aromatic carbocycles. The lowest BCUT2D eigenvalue weighted by Gasteiger charge is -2.16. The zero-order chi connectivity index (χ0) is 19.5. The average Bonchev–Trinajstić information content (AvgIpc) is 3.31. The van der Waals surface area contributed by atoms with Gasteiger partial charge in [-0.1, -0.05) is 12.1 Å². The molecule has 28 heavy (non-hydrogen) atoms. The third-order valence-corrected chi connectivity index (χ3v) is 4.90. The van der Waals surface area contributed by atoms with Crippen LogP contribution in [0.15, 0.2) is 40.8 Å². The van der Waals surface area contributed by atoms with E-state index in [0.29, 0.717) is 29.2 Å². The molecule has 0 spiro atoms. The fraction of sp³-hybridized carbons (Fsp3) is 0.409. The van der Waals surface area contributed by atoms with Gasteiger partial charge in [0, 0.05) is 6.42 Å². The molecule has 1 unspecified atom stereocenters. The van der Waals surface area contributed by atoms with Crippen LogP contribution in [-0.2, 0) is 6.42 Å². The van der Waals surface area contributed by atoms with Crippen molar-refractivity contribution in [3.63, 3.8) is 0 Å². The second-order valence-electron chi connectivity index (χ2n) is 7.12. The Morgan fingerprint density at radius 1 is 1.14 bits per heavy atom. The van der Waals surface area contributed by atoms with E-state index < -0.39 is 6.29 Å². The molecule has 4 rings (SSSR count). The number of aliphatic hydroxyl groups excluding tert-OH is 1. The molecule has 1 fully saturated rings. The van der Waals surface area contributed by atoms with Crippen molar-refractivity contribution in [1.29, 1.82) is 0 Å². The predicted molar refractivity (Wildman–Crippen MR) is 105 cm³/mol. The van der Waals surface area contributed by atoms with Gasteiger partial charge in [0.15, 0.2) is 35.0 Å². The largest absolute Gasteiger partial charge is 0.493 e. The minimum atomic E-state index is -0.920. The van der Waals surface area contributed by atoms with Crippen LogP contribution in [0.25, 0.3) is 11.1 Å². The van der Waals surface area contributed by atoms with Crippen LogP contribution >= 0.6 is 0 Å². The fourth-order valence-corrected chi connectivity index (χ4v) is 3.61. The molecule has 0 saturated heterocycles. The van der Waals surface area contributed by atoms with Crippen LogP contribution in [-0.4, -0.2) is 29.6 Å². The minimum absolute atomic E-state index is 0.258. The molecule has 0 aliphatic heterocycles. The number of rotatable bonds is 7. The van der Waals surface area contributed by atoms with E-state index >= 15 is 0 Å². The van der Waals surface area contributed by atoms with E-state index in [9.17, 15) is 5.11 Å². The third-order valence-electron chi connectivity index (χ3n) is 4.90. The molecular weight excluding hydrogens is 358 g/mol. The molecule has 0 amide bonds. The number of aromatic nitrogens is 1. The topological polar surface area (TPSA) is 74.0 Å². The maximum absolute atomic E-state index is 9.49. The van der Waals surface area contributed by atoms with Gasteiger partial charge in [-0.05, 0) is 62.4 Å². The van der Waals surface area contributed by atoms with E-state index in [-0.39, 0.29) is 6.10 Å². The molecule has 6 nitrogen and oxygen atoms in total. The summed E-state index contributed by atoms with van der Waals surface area (Å²) in [6.07, 6.45) is 4.46. The van der Waals surface area contributed by atoms with Gasteiger partial charge in [0.25, 0.3) is 0 Å². The Bertz CT molecular complexity index is 943. The van der Waals surface area contributed by atoms with Gasteiger partial charge in [-0.3, -0.25) is 0 Å². The average molecular weight is 383 g/mol. The van der Waals surface area contributed by atoms with Gasteiger partial charge in [-0.25, -0.2) is 4.98 Å². The third kappa shape index (κ3) is 4.07. The van der Waals surface area contributed by atoms with Gasteiger partial charge < -0.3 is 23.7 Å². The van der Waals surface area contributed by atoms with Gasteiger partial charge >= 0.3 is 0 Å². The van der Waals surface area contributed by atoms with E-state index in [2.05, 4.69) is 4.98 Å². The van der Waals surface area contributed by atoms with Crippen molar-refractivity contribution in [3.05, 3.63) is 47.9 Å². The molecule has 3 aromatic rings. The summed E-state index contributed by atoms with van der Waals surface area (Å²) in [5, 5.41) is 9.49. The Labute approximate surface area is 164 Å². The monoisotopic (exact) mass is 383 g/mol. The van der Waals surface area contributed by atoms with E-state index in [1.807, 2.05) is 30.3 Å².